The Morgan fingerprint density at radius 2 is 2.00 bits per heavy atom. The van der Waals surface area contributed by atoms with Crippen molar-refractivity contribution in [3.8, 4) is 0 Å². The van der Waals surface area contributed by atoms with Crippen LogP contribution in [0.1, 0.15) is 57.8 Å². The average Bonchev–Trinajstić information content (AvgIpc) is 2.48. The lowest BCUT2D eigenvalue weighted by atomic mass is 9.55. The fourth-order valence-corrected chi connectivity index (χ4v) is 4.43. The highest BCUT2D eigenvalue weighted by molar-refractivity contribution is 5.08. The zero-order valence-corrected chi connectivity index (χ0v) is 12.3. The smallest absolute Gasteiger partial charge is 0.0808 e. The van der Waals surface area contributed by atoms with Gasteiger partial charge in [0.05, 0.1) is 18.8 Å². The third-order valence-electron chi connectivity index (χ3n) is 5.68. The second-order valence-corrected chi connectivity index (χ2v) is 6.68. The third-order valence-corrected chi connectivity index (χ3v) is 5.68. The molecule has 2 aliphatic carbocycles. The van der Waals surface area contributed by atoms with E-state index >= 15 is 0 Å². The fraction of sp³-hybridized carbons (Fsp3) is 1.00. The Morgan fingerprint density at radius 3 is 2.68 bits per heavy atom. The maximum Gasteiger partial charge on any atom is 0.0808 e. The Bertz CT molecular complexity index is 282. The molecule has 1 aliphatic heterocycles. The Balaban J connectivity index is 1.52. The molecule has 3 rings (SSSR count). The molecule has 3 nitrogen and oxygen atoms in total. The van der Waals surface area contributed by atoms with E-state index in [0.717, 1.165) is 13.2 Å². The van der Waals surface area contributed by atoms with Crippen LogP contribution in [0, 0.1) is 5.41 Å². The van der Waals surface area contributed by atoms with Crippen molar-refractivity contribution in [3.05, 3.63) is 0 Å². The highest BCUT2D eigenvalue weighted by Crippen LogP contribution is 2.53. The molecule has 3 unspecified atom stereocenters. The summed E-state index contributed by atoms with van der Waals surface area (Å²) in [5.41, 5.74) is 0.446. The molecule has 1 spiro atoms. The Kier molecular flexibility index (Phi) is 4.45. The zero-order chi connectivity index (χ0) is 13.1. The molecule has 3 atom stereocenters. The van der Waals surface area contributed by atoms with Crippen molar-refractivity contribution < 1.29 is 9.47 Å². The normalized spacial score (nSPS) is 38.1. The molecule has 0 aromatic heterocycles. The van der Waals surface area contributed by atoms with Crippen LogP contribution in [0.2, 0.25) is 0 Å². The van der Waals surface area contributed by atoms with Crippen molar-refractivity contribution in [1.82, 2.24) is 5.32 Å². The molecular formula is C16H29NO2. The standard InChI is InChI=1S/C16H29NO2/c1-17-14-11-15(16(14)8-4-2-5-9-16)19-12-13-7-3-6-10-18-13/h13-15,17H,2-12H2,1H3. The van der Waals surface area contributed by atoms with E-state index in [-0.39, 0.29) is 0 Å². The summed E-state index contributed by atoms with van der Waals surface area (Å²) in [6.07, 6.45) is 12.7. The molecule has 0 bridgehead atoms. The number of nitrogens with one attached hydrogen (secondary N) is 1. The van der Waals surface area contributed by atoms with Gasteiger partial charge in [-0.05, 0) is 45.6 Å². The van der Waals surface area contributed by atoms with Gasteiger partial charge in [-0.1, -0.05) is 19.3 Å². The molecule has 19 heavy (non-hydrogen) atoms. The molecule has 1 heterocycles. The van der Waals surface area contributed by atoms with Gasteiger partial charge in [-0.25, -0.2) is 0 Å². The number of hydrogen-bond acceptors (Lipinski definition) is 3. The first kappa shape index (κ1) is 13.8. The number of ether oxygens (including phenoxy) is 2. The van der Waals surface area contributed by atoms with Crippen molar-refractivity contribution in [2.75, 3.05) is 20.3 Å². The van der Waals surface area contributed by atoms with Crippen molar-refractivity contribution in [2.45, 2.75) is 76.0 Å². The van der Waals surface area contributed by atoms with Gasteiger partial charge >= 0.3 is 0 Å². The minimum Gasteiger partial charge on any atom is -0.376 e. The number of rotatable bonds is 4. The van der Waals surface area contributed by atoms with E-state index in [1.807, 2.05) is 0 Å². The van der Waals surface area contributed by atoms with Gasteiger partial charge in [0, 0.05) is 18.1 Å². The van der Waals surface area contributed by atoms with E-state index in [0.29, 0.717) is 23.7 Å². The van der Waals surface area contributed by atoms with Crippen molar-refractivity contribution in [3.63, 3.8) is 0 Å². The lowest BCUT2D eigenvalue weighted by molar-refractivity contribution is -0.171. The summed E-state index contributed by atoms with van der Waals surface area (Å²) in [7, 11) is 2.11. The summed E-state index contributed by atoms with van der Waals surface area (Å²) < 4.78 is 12.1. The molecule has 3 fully saturated rings. The highest BCUT2D eigenvalue weighted by Gasteiger charge is 2.55. The second kappa shape index (κ2) is 6.11. The van der Waals surface area contributed by atoms with Crippen LogP contribution in [0.5, 0.6) is 0 Å². The van der Waals surface area contributed by atoms with Crippen LogP contribution < -0.4 is 5.32 Å². The van der Waals surface area contributed by atoms with E-state index in [2.05, 4.69) is 12.4 Å². The first-order valence-electron chi connectivity index (χ1n) is 8.25. The van der Waals surface area contributed by atoms with Crippen LogP contribution in [0.4, 0.5) is 0 Å². The van der Waals surface area contributed by atoms with E-state index in [1.54, 1.807) is 0 Å². The molecule has 0 aromatic rings. The van der Waals surface area contributed by atoms with E-state index < -0.39 is 0 Å². The van der Waals surface area contributed by atoms with Gasteiger partial charge in [0.15, 0.2) is 0 Å². The Labute approximate surface area is 117 Å². The fourth-order valence-electron chi connectivity index (χ4n) is 4.43. The van der Waals surface area contributed by atoms with Crippen molar-refractivity contribution in [1.29, 1.82) is 0 Å². The van der Waals surface area contributed by atoms with Gasteiger partial charge in [-0.3, -0.25) is 0 Å². The maximum absolute atomic E-state index is 6.28. The van der Waals surface area contributed by atoms with Crippen LogP contribution in [0.25, 0.3) is 0 Å². The Hall–Kier alpha value is -0.120. The summed E-state index contributed by atoms with van der Waals surface area (Å²) >= 11 is 0. The summed E-state index contributed by atoms with van der Waals surface area (Å²) in [5, 5.41) is 3.52. The van der Waals surface area contributed by atoms with Gasteiger partial charge in [-0.2, -0.15) is 0 Å². The minimum atomic E-state index is 0.364. The van der Waals surface area contributed by atoms with Gasteiger partial charge in [0.25, 0.3) is 0 Å². The summed E-state index contributed by atoms with van der Waals surface area (Å²) in [4.78, 5) is 0. The quantitative estimate of drug-likeness (QED) is 0.849. The minimum absolute atomic E-state index is 0.364. The van der Waals surface area contributed by atoms with Gasteiger partial charge in [0.1, 0.15) is 0 Å². The first-order valence-corrected chi connectivity index (χ1v) is 8.25. The van der Waals surface area contributed by atoms with Crippen molar-refractivity contribution >= 4 is 0 Å². The topological polar surface area (TPSA) is 30.5 Å². The maximum atomic E-state index is 6.28. The van der Waals surface area contributed by atoms with Crippen molar-refractivity contribution in [2.24, 2.45) is 5.41 Å². The first-order chi connectivity index (χ1) is 9.35. The largest absolute Gasteiger partial charge is 0.376 e. The Morgan fingerprint density at radius 1 is 1.16 bits per heavy atom. The molecule has 3 aliphatic rings. The molecule has 0 radical (unpaired) electrons. The van der Waals surface area contributed by atoms with Crippen LogP contribution in [-0.2, 0) is 9.47 Å². The molecule has 0 amide bonds. The predicted molar refractivity (Wildman–Crippen MR) is 76.3 cm³/mol. The van der Waals surface area contributed by atoms with Gasteiger partial charge in [0.2, 0.25) is 0 Å². The van der Waals surface area contributed by atoms with E-state index in [1.165, 1.54) is 57.8 Å². The molecule has 3 heteroatoms. The summed E-state index contributed by atoms with van der Waals surface area (Å²) in [6.45, 7) is 1.76. The van der Waals surface area contributed by atoms with Gasteiger partial charge in [-0.15, -0.1) is 0 Å². The van der Waals surface area contributed by atoms with Crippen LogP contribution >= 0.6 is 0 Å². The lowest BCUT2D eigenvalue weighted by Gasteiger charge is -2.57. The molecule has 1 saturated heterocycles. The zero-order valence-electron chi connectivity index (χ0n) is 12.3. The summed E-state index contributed by atoms with van der Waals surface area (Å²) in [5.74, 6) is 0. The van der Waals surface area contributed by atoms with E-state index in [9.17, 15) is 0 Å². The monoisotopic (exact) mass is 267 g/mol. The van der Waals surface area contributed by atoms with E-state index in [4.69, 9.17) is 9.47 Å². The number of hydrogen-bond donors (Lipinski definition) is 1. The molecule has 1 N–H and O–H groups in total. The summed E-state index contributed by atoms with van der Waals surface area (Å²) in [6, 6.07) is 0.685. The van der Waals surface area contributed by atoms with Gasteiger partial charge < -0.3 is 14.8 Å². The lowest BCUT2D eigenvalue weighted by Crippen LogP contribution is -2.64. The molecular weight excluding hydrogens is 238 g/mol. The third kappa shape index (κ3) is 2.70. The molecule has 110 valence electrons. The van der Waals surface area contributed by atoms with Crippen LogP contribution in [0.15, 0.2) is 0 Å². The average molecular weight is 267 g/mol. The predicted octanol–water partition coefficient (Wildman–Crippen LogP) is 2.88. The SMILES string of the molecule is CNC1CC(OCC2CCCCO2)C12CCCCC2. The molecule has 0 aromatic carbocycles. The highest BCUT2D eigenvalue weighted by atomic mass is 16.5. The second-order valence-electron chi connectivity index (χ2n) is 6.68. The molecule has 2 saturated carbocycles. The van der Waals surface area contributed by atoms with Crippen LogP contribution in [0.3, 0.4) is 0 Å². The van der Waals surface area contributed by atoms with Crippen LogP contribution in [-0.4, -0.2) is 38.5 Å².